The molecular formula is C23H25ClFN5O2. The van der Waals surface area contributed by atoms with Gasteiger partial charge < -0.3 is 16.2 Å². The van der Waals surface area contributed by atoms with Gasteiger partial charge in [0.25, 0.3) is 5.91 Å². The maximum absolute atomic E-state index is 14.3. The number of carbonyl (C=O) groups is 1. The number of nitrogen functional groups attached to an aromatic ring is 1. The highest BCUT2D eigenvalue weighted by Gasteiger charge is 2.14. The van der Waals surface area contributed by atoms with Crippen LogP contribution >= 0.6 is 11.6 Å². The van der Waals surface area contributed by atoms with Crippen molar-refractivity contribution in [1.82, 2.24) is 20.3 Å². The summed E-state index contributed by atoms with van der Waals surface area (Å²) in [6.45, 7) is 0.137. The molecule has 1 amide bonds. The normalized spacial score (nSPS) is 13.7. The monoisotopic (exact) mass is 457 g/mol. The summed E-state index contributed by atoms with van der Waals surface area (Å²) in [7, 11) is 0. The number of halogens is 2. The van der Waals surface area contributed by atoms with E-state index in [0.29, 0.717) is 22.1 Å². The molecule has 2 heterocycles. The van der Waals surface area contributed by atoms with Crippen molar-refractivity contribution in [3.05, 3.63) is 71.0 Å². The largest absolute Gasteiger partial charge is 0.393 e. The zero-order chi connectivity index (χ0) is 22.9. The van der Waals surface area contributed by atoms with Gasteiger partial charge in [-0.05, 0) is 37.1 Å². The molecule has 1 aromatic carbocycles. The van der Waals surface area contributed by atoms with Crippen LogP contribution in [0.25, 0.3) is 11.3 Å². The average Bonchev–Trinajstić information content (AvgIpc) is 2.79. The Labute approximate surface area is 190 Å². The highest BCUT2D eigenvalue weighted by Crippen LogP contribution is 2.23. The SMILES string of the molecule is Nc1nccnc1-c1ccc(C(=O)NCc2cccc(Cl)n2)c(F)c1.OC1CCCCC1. The number of nitrogens with zero attached hydrogens (tertiary/aromatic N) is 3. The van der Waals surface area contributed by atoms with Crippen molar-refractivity contribution in [3.8, 4) is 11.3 Å². The highest BCUT2D eigenvalue weighted by atomic mass is 35.5. The van der Waals surface area contributed by atoms with Crippen LogP contribution in [-0.2, 0) is 6.54 Å². The van der Waals surface area contributed by atoms with Crippen LogP contribution in [0.4, 0.5) is 10.2 Å². The lowest BCUT2D eigenvalue weighted by atomic mass is 9.98. The summed E-state index contributed by atoms with van der Waals surface area (Å²) < 4.78 is 14.3. The van der Waals surface area contributed by atoms with Crippen molar-refractivity contribution in [1.29, 1.82) is 0 Å². The minimum absolute atomic E-state index is 0.0359. The van der Waals surface area contributed by atoms with Gasteiger partial charge in [-0.15, -0.1) is 0 Å². The van der Waals surface area contributed by atoms with E-state index in [1.807, 2.05) is 0 Å². The van der Waals surface area contributed by atoms with Crippen LogP contribution < -0.4 is 11.1 Å². The van der Waals surface area contributed by atoms with Crippen LogP contribution in [0.2, 0.25) is 5.15 Å². The molecule has 0 saturated heterocycles. The third kappa shape index (κ3) is 6.70. The number of hydrogen-bond donors (Lipinski definition) is 3. The second-order valence-electron chi connectivity index (χ2n) is 7.41. The molecule has 7 nitrogen and oxygen atoms in total. The van der Waals surface area contributed by atoms with Crippen molar-refractivity contribution in [3.63, 3.8) is 0 Å². The van der Waals surface area contributed by atoms with Gasteiger partial charge in [-0.3, -0.25) is 9.78 Å². The Kier molecular flexibility index (Phi) is 8.47. The summed E-state index contributed by atoms with van der Waals surface area (Å²) >= 11 is 5.79. The quantitative estimate of drug-likeness (QED) is 0.507. The first kappa shape index (κ1) is 23.6. The van der Waals surface area contributed by atoms with E-state index >= 15 is 0 Å². The average molecular weight is 458 g/mol. The van der Waals surface area contributed by atoms with E-state index in [-0.39, 0.29) is 24.0 Å². The maximum atomic E-state index is 14.3. The van der Waals surface area contributed by atoms with Gasteiger partial charge in [0.1, 0.15) is 22.5 Å². The fourth-order valence-corrected chi connectivity index (χ4v) is 3.49. The predicted molar refractivity (Wildman–Crippen MR) is 121 cm³/mol. The lowest BCUT2D eigenvalue weighted by Gasteiger charge is -2.14. The van der Waals surface area contributed by atoms with Gasteiger partial charge in [0.05, 0.1) is 23.9 Å². The topological polar surface area (TPSA) is 114 Å². The second kappa shape index (κ2) is 11.5. The Bertz CT molecular complexity index is 1060. The number of nitrogens with one attached hydrogen (secondary N) is 1. The number of pyridine rings is 1. The van der Waals surface area contributed by atoms with Gasteiger partial charge in [0.2, 0.25) is 0 Å². The molecule has 1 aliphatic rings. The number of aliphatic hydroxyl groups excluding tert-OH is 1. The molecule has 3 aromatic rings. The van der Waals surface area contributed by atoms with Crippen molar-refractivity contribution >= 4 is 23.3 Å². The minimum Gasteiger partial charge on any atom is -0.393 e. The zero-order valence-corrected chi connectivity index (χ0v) is 18.2. The Morgan fingerprint density at radius 1 is 1.16 bits per heavy atom. The molecule has 168 valence electrons. The lowest BCUT2D eigenvalue weighted by Crippen LogP contribution is -2.24. The molecule has 1 fully saturated rings. The van der Waals surface area contributed by atoms with E-state index < -0.39 is 11.7 Å². The van der Waals surface area contributed by atoms with Gasteiger partial charge in [-0.25, -0.2) is 14.4 Å². The number of aromatic nitrogens is 3. The first-order valence-electron chi connectivity index (χ1n) is 10.4. The first-order valence-corrected chi connectivity index (χ1v) is 10.8. The molecule has 1 aliphatic carbocycles. The molecule has 0 unspecified atom stereocenters. The first-order chi connectivity index (χ1) is 15.4. The van der Waals surface area contributed by atoms with Crippen LogP contribution in [0.3, 0.4) is 0 Å². The summed E-state index contributed by atoms with van der Waals surface area (Å²) in [4.78, 5) is 24.2. The Hall–Kier alpha value is -3.10. The van der Waals surface area contributed by atoms with Gasteiger partial charge in [0.15, 0.2) is 0 Å². The molecule has 4 rings (SSSR count). The number of benzene rings is 1. The van der Waals surface area contributed by atoms with E-state index in [1.165, 1.54) is 43.8 Å². The van der Waals surface area contributed by atoms with Crippen LogP contribution in [0.1, 0.15) is 48.2 Å². The Balaban J connectivity index is 0.000000352. The molecule has 4 N–H and O–H groups in total. The number of hydrogen-bond acceptors (Lipinski definition) is 6. The molecule has 0 bridgehead atoms. The molecule has 32 heavy (non-hydrogen) atoms. The zero-order valence-electron chi connectivity index (χ0n) is 17.5. The summed E-state index contributed by atoms with van der Waals surface area (Å²) in [5.41, 5.74) is 7.02. The molecule has 0 aliphatic heterocycles. The number of rotatable bonds is 4. The van der Waals surface area contributed by atoms with Gasteiger partial charge >= 0.3 is 0 Å². The minimum atomic E-state index is -0.681. The van der Waals surface area contributed by atoms with Crippen molar-refractivity contribution in [2.24, 2.45) is 0 Å². The summed E-state index contributed by atoms with van der Waals surface area (Å²) in [6, 6.07) is 9.20. The molecule has 1 saturated carbocycles. The van der Waals surface area contributed by atoms with Gasteiger partial charge in [0, 0.05) is 18.0 Å². The fourth-order valence-electron chi connectivity index (χ4n) is 3.31. The highest BCUT2D eigenvalue weighted by molar-refractivity contribution is 6.29. The third-order valence-electron chi connectivity index (χ3n) is 4.99. The Morgan fingerprint density at radius 3 is 2.53 bits per heavy atom. The summed E-state index contributed by atoms with van der Waals surface area (Å²) in [5, 5.41) is 11.8. The van der Waals surface area contributed by atoms with Gasteiger partial charge in [-0.1, -0.05) is 43.0 Å². The molecular weight excluding hydrogens is 433 g/mol. The van der Waals surface area contributed by atoms with Crippen LogP contribution in [0, 0.1) is 5.82 Å². The fraction of sp³-hybridized carbons (Fsp3) is 0.304. The van der Waals surface area contributed by atoms with Crippen molar-refractivity contribution in [2.45, 2.75) is 44.8 Å². The molecule has 9 heteroatoms. The maximum Gasteiger partial charge on any atom is 0.254 e. The van der Waals surface area contributed by atoms with E-state index in [0.717, 1.165) is 12.8 Å². The molecule has 0 atom stereocenters. The lowest BCUT2D eigenvalue weighted by molar-refractivity contribution is 0.0946. The third-order valence-corrected chi connectivity index (χ3v) is 5.20. The number of carbonyl (C=O) groups excluding carboxylic acids is 1. The van der Waals surface area contributed by atoms with Crippen LogP contribution in [-0.4, -0.2) is 32.1 Å². The van der Waals surface area contributed by atoms with E-state index in [4.69, 9.17) is 22.4 Å². The standard InChI is InChI=1S/C17H13ClFN5O.C6H12O/c18-14-3-1-2-11(24-14)9-23-17(25)12-5-4-10(8-13(12)19)15-16(20)22-7-6-21-15;7-6-4-2-1-3-5-6/h1-8H,9H2,(H2,20,22)(H,23,25);6-7H,1-5H2. The van der Waals surface area contributed by atoms with Gasteiger partial charge in [-0.2, -0.15) is 0 Å². The molecule has 0 spiro atoms. The second-order valence-corrected chi connectivity index (χ2v) is 7.80. The number of nitrogens with two attached hydrogens (primary N) is 1. The smallest absolute Gasteiger partial charge is 0.254 e. The summed E-state index contributed by atoms with van der Waals surface area (Å²) in [5.74, 6) is -1.05. The van der Waals surface area contributed by atoms with E-state index in [1.54, 1.807) is 24.3 Å². The molecule has 0 radical (unpaired) electrons. The van der Waals surface area contributed by atoms with E-state index in [2.05, 4.69) is 20.3 Å². The van der Waals surface area contributed by atoms with Crippen molar-refractivity contribution in [2.75, 3.05) is 5.73 Å². The Morgan fingerprint density at radius 2 is 1.91 bits per heavy atom. The predicted octanol–water partition coefficient (Wildman–Crippen LogP) is 4.15. The van der Waals surface area contributed by atoms with Crippen molar-refractivity contribution < 1.29 is 14.3 Å². The summed E-state index contributed by atoms with van der Waals surface area (Å²) in [6.07, 6.45) is 8.83. The number of amides is 1. The van der Waals surface area contributed by atoms with Crippen LogP contribution in [0.15, 0.2) is 48.8 Å². The van der Waals surface area contributed by atoms with Crippen LogP contribution in [0.5, 0.6) is 0 Å². The number of anilines is 1. The molecule has 2 aromatic heterocycles. The number of aliphatic hydroxyl groups is 1. The van der Waals surface area contributed by atoms with E-state index in [9.17, 15) is 9.18 Å².